The van der Waals surface area contributed by atoms with E-state index < -0.39 is 0 Å². The fourth-order valence-corrected chi connectivity index (χ4v) is 2.58. The van der Waals surface area contributed by atoms with Gasteiger partial charge in [0.25, 0.3) is 0 Å². The van der Waals surface area contributed by atoms with E-state index in [0.29, 0.717) is 0 Å². The molecule has 0 atom stereocenters. The van der Waals surface area contributed by atoms with Gasteiger partial charge in [0, 0.05) is 51.0 Å². The van der Waals surface area contributed by atoms with Crippen molar-refractivity contribution in [3.63, 3.8) is 0 Å². The second kappa shape index (κ2) is 9.35. The summed E-state index contributed by atoms with van der Waals surface area (Å²) in [5.74, 6) is 0. The van der Waals surface area contributed by atoms with Gasteiger partial charge in [0.2, 0.25) is 0 Å². The lowest BCUT2D eigenvalue weighted by Gasteiger charge is -2.26. The minimum Gasteiger partial charge on any atom is -0.381 e. The zero-order valence-electron chi connectivity index (χ0n) is 12.1. The number of halogens is 1. The first kappa shape index (κ1) is 15.8. The third kappa shape index (κ3) is 6.23. The van der Waals surface area contributed by atoms with Gasteiger partial charge in [-0.05, 0) is 37.0 Å². The van der Waals surface area contributed by atoms with Gasteiger partial charge in [-0.25, -0.2) is 0 Å². The molecule has 2 rings (SSSR count). The number of nitrogens with one attached hydrogen (secondary N) is 1. The molecule has 1 aliphatic rings. The van der Waals surface area contributed by atoms with E-state index in [4.69, 9.17) is 16.3 Å². The first-order valence-corrected chi connectivity index (χ1v) is 7.98. The summed E-state index contributed by atoms with van der Waals surface area (Å²) in [6.45, 7) is 7.50. The van der Waals surface area contributed by atoms with Crippen LogP contribution in [0, 0.1) is 0 Å². The number of ether oxygens (including phenoxy) is 1. The maximum absolute atomic E-state index is 5.86. The van der Waals surface area contributed by atoms with E-state index >= 15 is 0 Å². The lowest BCUT2D eigenvalue weighted by molar-refractivity contribution is 0.116. The Labute approximate surface area is 127 Å². The molecule has 112 valence electrons. The Morgan fingerprint density at radius 2 is 1.75 bits per heavy atom. The molecule has 20 heavy (non-hydrogen) atoms. The van der Waals surface area contributed by atoms with Crippen LogP contribution in [0.25, 0.3) is 0 Å². The zero-order valence-corrected chi connectivity index (χ0v) is 12.9. The molecule has 1 aromatic carbocycles. The van der Waals surface area contributed by atoms with Crippen molar-refractivity contribution in [2.45, 2.75) is 19.3 Å². The van der Waals surface area contributed by atoms with Gasteiger partial charge in [-0.1, -0.05) is 23.7 Å². The van der Waals surface area contributed by atoms with Crippen LogP contribution in [0.1, 0.15) is 18.4 Å². The van der Waals surface area contributed by atoms with Crippen LogP contribution >= 0.6 is 11.6 Å². The van der Waals surface area contributed by atoms with Crippen LogP contribution in [0.5, 0.6) is 0 Å². The van der Waals surface area contributed by atoms with E-state index in [0.717, 1.165) is 50.6 Å². The Kier molecular flexibility index (Phi) is 7.37. The maximum atomic E-state index is 5.86. The number of hydrogen-bond donors (Lipinski definition) is 1. The molecule has 1 aromatic rings. The predicted octanol–water partition coefficient (Wildman–Crippen LogP) is 2.58. The Morgan fingerprint density at radius 3 is 2.50 bits per heavy atom. The molecule has 0 radical (unpaired) electrons. The van der Waals surface area contributed by atoms with Gasteiger partial charge in [0.05, 0.1) is 0 Å². The highest BCUT2D eigenvalue weighted by atomic mass is 35.5. The fraction of sp³-hybridized carbons (Fsp3) is 0.625. The van der Waals surface area contributed by atoms with Crippen molar-refractivity contribution < 1.29 is 4.74 Å². The second-order valence-corrected chi connectivity index (χ2v) is 5.72. The first-order valence-electron chi connectivity index (χ1n) is 7.60. The van der Waals surface area contributed by atoms with Crippen LogP contribution in [0.4, 0.5) is 0 Å². The molecule has 1 saturated heterocycles. The van der Waals surface area contributed by atoms with Gasteiger partial charge in [-0.3, -0.25) is 0 Å². The van der Waals surface area contributed by atoms with E-state index in [1.807, 2.05) is 12.1 Å². The van der Waals surface area contributed by atoms with E-state index in [2.05, 4.69) is 22.3 Å². The minimum absolute atomic E-state index is 0.804. The largest absolute Gasteiger partial charge is 0.381 e. The van der Waals surface area contributed by atoms with Gasteiger partial charge >= 0.3 is 0 Å². The molecule has 0 unspecified atom stereocenters. The number of nitrogens with zero attached hydrogens (tertiary/aromatic N) is 1. The molecule has 1 fully saturated rings. The summed E-state index contributed by atoms with van der Waals surface area (Å²) in [5.41, 5.74) is 1.33. The lowest BCUT2D eigenvalue weighted by atomic mass is 10.1. The molecular formula is C16H25ClN2O. The van der Waals surface area contributed by atoms with Crippen LogP contribution in [0.3, 0.4) is 0 Å². The van der Waals surface area contributed by atoms with Crippen LogP contribution in [0.15, 0.2) is 24.3 Å². The summed E-state index contributed by atoms with van der Waals surface area (Å²) in [4.78, 5) is 2.51. The van der Waals surface area contributed by atoms with Gasteiger partial charge in [0.15, 0.2) is 0 Å². The Morgan fingerprint density at radius 1 is 1.05 bits per heavy atom. The van der Waals surface area contributed by atoms with E-state index in [-0.39, 0.29) is 0 Å². The summed E-state index contributed by atoms with van der Waals surface area (Å²) < 4.78 is 5.70. The SMILES string of the molecule is Clc1ccc(CCCOCCCN2CCNCC2)cc1. The molecule has 0 aliphatic carbocycles. The molecule has 0 amide bonds. The van der Waals surface area contributed by atoms with Crippen LogP contribution in [-0.2, 0) is 11.2 Å². The van der Waals surface area contributed by atoms with E-state index in [9.17, 15) is 0 Å². The number of benzene rings is 1. The summed E-state index contributed by atoms with van der Waals surface area (Å²) in [5, 5.41) is 4.17. The monoisotopic (exact) mass is 296 g/mol. The molecule has 0 aromatic heterocycles. The van der Waals surface area contributed by atoms with Crippen molar-refractivity contribution in [3.8, 4) is 0 Å². The fourth-order valence-electron chi connectivity index (χ4n) is 2.46. The zero-order chi connectivity index (χ0) is 14.0. The van der Waals surface area contributed by atoms with E-state index in [1.165, 1.54) is 25.2 Å². The van der Waals surface area contributed by atoms with Gasteiger partial charge in [-0.2, -0.15) is 0 Å². The minimum atomic E-state index is 0.804. The third-order valence-electron chi connectivity index (χ3n) is 3.64. The number of piperazine rings is 1. The molecule has 1 N–H and O–H groups in total. The van der Waals surface area contributed by atoms with Crippen molar-refractivity contribution in [2.24, 2.45) is 0 Å². The van der Waals surface area contributed by atoms with Crippen molar-refractivity contribution in [2.75, 3.05) is 45.9 Å². The van der Waals surface area contributed by atoms with Crippen LogP contribution in [-0.4, -0.2) is 50.8 Å². The molecule has 1 heterocycles. The normalized spacial score (nSPS) is 16.4. The number of aryl methyl sites for hydroxylation is 1. The molecule has 3 nitrogen and oxygen atoms in total. The van der Waals surface area contributed by atoms with E-state index in [1.54, 1.807) is 0 Å². The smallest absolute Gasteiger partial charge is 0.0478 e. The number of hydrogen-bond acceptors (Lipinski definition) is 3. The molecule has 0 saturated carbocycles. The molecular weight excluding hydrogens is 272 g/mol. The average molecular weight is 297 g/mol. The molecule has 4 heteroatoms. The van der Waals surface area contributed by atoms with Crippen molar-refractivity contribution >= 4 is 11.6 Å². The Hall–Kier alpha value is -0.610. The molecule has 0 bridgehead atoms. The Balaban J connectivity index is 1.44. The molecule has 0 spiro atoms. The van der Waals surface area contributed by atoms with Crippen molar-refractivity contribution in [1.29, 1.82) is 0 Å². The average Bonchev–Trinajstić information content (AvgIpc) is 2.49. The highest BCUT2D eigenvalue weighted by Crippen LogP contribution is 2.10. The predicted molar refractivity (Wildman–Crippen MR) is 84.5 cm³/mol. The van der Waals surface area contributed by atoms with Crippen molar-refractivity contribution in [3.05, 3.63) is 34.9 Å². The van der Waals surface area contributed by atoms with Crippen molar-refractivity contribution in [1.82, 2.24) is 10.2 Å². The summed E-state index contributed by atoms with van der Waals surface area (Å²) >= 11 is 5.86. The van der Waals surface area contributed by atoms with Gasteiger partial charge in [0.1, 0.15) is 0 Å². The van der Waals surface area contributed by atoms with Crippen LogP contribution in [0.2, 0.25) is 5.02 Å². The standard InChI is InChI=1S/C16H25ClN2O/c17-16-6-4-15(5-7-16)3-1-13-20-14-2-10-19-11-8-18-9-12-19/h4-7,18H,1-3,8-14H2. The summed E-state index contributed by atoms with van der Waals surface area (Å²) in [6, 6.07) is 8.08. The van der Waals surface area contributed by atoms with Gasteiger partial charge in [-0.15, -0.1) is 0 Å². The lowest BCUT2D eigenvalue weighted by Crippen LogP contribution is -2.43. The van der Waals surface area contributed by atoms with Gasteiger partial charge < -0.3 is 15.0 Å². The Bertz CT molecular complexity index is 363. The highest BCUT2D eigenvalue weighted by molar-refractivity contribution is 6.30. The first-order chi connectivity index (χ1) is 9.84. The number of rotatable bonds is 8. The summed E-state index contributed by atoms with van der Waals surface area (Å²) in [7, 11) is 0. The second-order valence-electron chi connectivity index (χ2n) is 5.29. The quantitative estimate of drug-likeness (QED) is 0.746. The van der Waals surface area contributed by atoms with Crippen LogP contribution < -0.4 is 5.32 Å². The summed E-state index contributed by atoms with van der Waals surface area (Å²) in [6.07, 6.45) is 3.28. The topological polar surface area (TPSA) is 24.5 Å². The highest BCUT2D eigenvalue weighted by Gasteiger charge is 2.07. The molecule has 1 aliphatic heterocycles. The third-order valence-corrected chi connectivity index (χ3v) is 3.89. The maximum Gasteiger partial charge on any atom is 0.0478 e.